The number of carbonyl (C=O) groups excluding carboxylic acids is 1. The number of rotatable bonds is 5. The normalized spacial score (nSPS) is 19.0. The van der Waals surface area contributed by atoms with E-state index in [0.29, 0.717) is 13.2 Å². The maximum atomic E-state index is 13.5. The fourth-order valence-corrected chi connectivity index (χ4v) is 2.46. The molecular weight excluding hydrogens is 275 g/mol. The first-order valence-electron chi connectivity index (χ1n) is 7.13. The molecule has 21 heavy (non-hydrogen) atoms. The standard InChI is InChI=1S/C15H21FN2O3/c16-12-4-2-1-3-11(12)13(19)9-18-15(20)14(17)10-5-7-21-8-6-10/h1-4,10,13-14,19H,5-9,17H2,(H,18,20). The maximum Gasteiger partial charge on any atom is 0.237 e. The van der Waals surface area contributed by atoms with E-state index in [2.05, 4.69) is 5.32 Å². The van der Waals surface area contributed by atoms with Crippen LogP contribution in [0.3, 0.4) is 0 Å². The van der Waals surface area contributed by atoms with Crippen LogP contribution < -0.4 is 11.1 Å². The number of ether oxygens (including phenoxy) is 1. The summed E-state index contributed by atoms with van der Waals surface area (Å²) in [5.41, 5.74) is 6.09. The fraction of sp³-hybridized carbons (Fsp3) is 0.533. The van der Waals surface area contributed by atoms with Gasteiger partial charge in [-0.25, -0.2) is 4.39 Å². The third-order valence-electron chi connectivity index (χ3n) is 3.81. The van der Waals surface area contributed by atoms with Gasteiger partial charge >= 0.3 is 0 Å². The molecule has 1 heterocycles. The van der Waals surface area contributed by atoms with Crippen molar-refractivity contribution in [1.29, 1.82) is 0 Å². The average Bonchev–Trinajstić information content (AvgIpc) is 2.52. The fourth-order valence-electron chi connectivity index (χ4n) is 2.46. The minimum absolute atomic E-state index is 0.0588. The van der Waals surface area contributed by atoms with E-state index in [0.717, 1.165) is 12.8 Å². The molecule has 1 aromatic carbocycles. The number of benzene rings is 1. The molecule has 1 aliphatic rings. The Labute approximate surface area is 123 Å². The summed E-state index contributed by atoms with van der Waals surface area (Å²) in [6.45, 7) is 1.17. The summed E-state index contributed by atoms with van der Waals surface area (Å²) in [6.07, 6.45) is 0.423. The number of nitrogens with one attached hydrogen (secondary N) is 1. The van der Waals surface area contributed by atoms with Crippen molar-refractivity contribution in [2.24, 2.45) is 11.7 Å². The molecule has 0 radical (unpaired) electrons. The molecule has 1 saturated heterocycles. The van der Waals surface area contributed by atoms with Crippen LogP contribution in [0.25, 0.3) is 0 Å². The lowest BCUT2D eigenvalue weighted by molar-refractivity contribution is -0.124. The van der Waals surface area contributed by atoms with Crippen LogP contribution in [-0.4, -0.2) is 36.8 Å². The van der Waals surface area contributed by atoms with Gasteiger partial charge in [-0.2, -0.15) is 0 Å². The van der Waals surface area contributed by atoms with Crippen molar-refractivity contribution >= 4 is 5.91 Å². The highest BCUT2D eigenvalue weighted by Crippen LogP contribution is 2.18. The second-order valence-corrected chi connectivity index (χ2v) is 5.26. The molecule has 0 saturated carbocycles. The van der Waals surface area contributed by atoms with Gasteiger partial charge < -0.3 is 20.9 Å². The van der Waals surface area contributed by atoms with Crippen molar-refractivity contribution < 1.29 is 19.0 Å². The summed E-state index contributed by atoms with van der Waals surface area (Å²) in [4.78, 5) is 12.0. The minimum atomic E-state index is -1.09. The quantitative estimate of drug-likeness (QED) is 0.748. The molecular formula is C15H21FN2O3. The molecule has 0 spiro atoms. The van der Waals surface area contributed by atoms with Crippen molar-refractivity contribution in [1.82, 2.24) is 5.32 Å². The molecule has 0 aromatic heterocycles. The summed E-state index contributed by atoms with van der Waals surface area (Å²) < 4.78 is 18.7. The lowest BCUT2D eigenvalue weighted by Crippen LogP contribution is -2.48. The number of halogens is 1. The number of nitrogens with two attached hydrogens (primary N) is 1. The number of aliphatic hydroxyl groups is 1. The largest absolute Gasteiger partial charge is 0.386 e. The third kappa shape index (κ3) is 4.23. The Morgan fingerprint density at radius 2 is 2.10 bits per heavy atom. The number of hydrogen-bond acceptors (Lipinski definition) is 4. The Kier molecular flexibility index (Phi) is 5.67. The monoisotopic (exact) mass is 296 g/mol. The van der Waals surface area contributed by atoms with Crippen LogP contribution in [-0.2, 0) is 9.53 Å². The van der Waals surface area contributed by atoms with Gasteiger partial charge in [0.2, 0.25) is 5.91 Å². The van der Waals surface area contributed by atoms with E-state index in [4.69, 9.17) is 10.5 Å². The summed E-state index contributed by atoms with van der Waals surface area (Å²) in [6, 6.07) is 5.32. The SMILES string of the molecule is NC(C(=O)NCC(O)c1ccccc1F)C1CCOCC1. The lowest BCUT2D eigenvalue weighted by Gasteiger charge is -2.27. The van der Waals surface area contributed by atoms with Crippen molar-refractivity contribution in [2.45, 2.75) is 25.0 Å². The van der Waals surface area contributed by atoms with Gasteiger partial charge in [-0.1, -0.05) is 18.2 Å². The van der Waals surface area contributed by atoms with Crippen molar-refractivity contribution in [3.8, 4) is 0 Å². The molecule has 6 heteroatoms. The first-order chi connectivity index (χ1) is 10.1. The van der Waals surface area contributed by atoms with Crippen molar-refractivity contribution in [3.05, 3.63) is 35.6 Å². The highest BCUT2D eigenvalue weighted by atomic mass is 19.1. The zero-order chi connectivity index (χ0) is 15.2. The Balaban J connectivity index is 1.84. The van der Waals surface area contributed by atoms with E-state index >= 15 is 0 Å². The maximum absolute atomic E-state index is 13.5. The van der Waals surface area contributed by atoms with E-state index in [1.165, 1.54) is 12.1 Å². The topological polar surface area (TPSA) is 84.6 Å². The molecule has 4 N–H and O–H groups in total. The van der Waals surface area contributed by atoms with E-state index in [9.17, 15) is 14.3 Å². The van der Waals surface area contributed by atoms with E-state index in [-0.39, 0.29) is 23.9 Å². The van der Waals surface area contributed by atoms with E-state index < -0.39 is 18.0 Å². The molecule has 2 unspecified atom stereocenters. The molecule has 1 fully saturated rings. The zero-order valence-electron chi connectivity index (χ0n) is 11.8. The predicted molar refractivity (Wildman–Crippen MR) is 75.9 cm³/mol. The van der Waals surface area contributed by atoms with Crippen LogP contribution >= 0.6 is 0 Å². The van der Waals surface area contributed by atoms with Gasteiger partial charge in [0.1, 0.15) is 5.82 Å². The molecule has 2 atom stereocenters. The third-order valence-corrected chi connectivity index (χ3v) is 3.81. The van der Waals surface area contributed by atoms with Crippen LogP contribution in [0.4, 0.5) is 4.39 Å². The van der Waals surface area contributed by atoms with Crippen molar-refractivity contribution in [2.75, 3.05) is 19.8 Å². The second kappa shape index (κ2) is 7.49. The van der Waals surface area contributed by atoms with Gasteiger partial charge in [0.25, 0.3) is 0 Å². The Bertz CT molecular complexity index is 478. The number of carbonyl (C=O) groups is 1. The molecule has 116 valence electrons. The minimum Gasteiger partial charge on any atom is -0.386 e. The van der Waals surface area contributed by atoms with Gasteiger partial charge in [0.05, 0.1) is 12.1 Å². The average molecular weight is 296 g/mol. The van der Waals surface area contributed by atoms with Crippen LogP contribution in [0.2, 0.25) is 0 Å². The van der Waals surface area contributed by atoms with Crippen LogP contribution in [0.5, 0.6) is 0 Å². The Hall–Kier alpha value is -1.50. The molecule has 1 aliphatic heterocycles. The zero-order valence-corrected chi connectivity index (χ0v) is 11.8. The first-order valence-corrected chi connectivity index (χ1v) is 7.13. The first kappa shape index (κ1) is 15.9. The smallest absolute Gasteiger partial charge is 0.237 e. The van der Waals surface area contributed by atoms with Crippen molar-refractivity contribution in [3.63, 3.8) is 0 Å². The van der Waals surface area contributed by atoms with Gasteiger partial charge in [-0.05, 0) is 24.8 Å². The van der Waals surface area contributed by atoms with Gasteiger partial charge in [-0.3, -0.25) is 4.79 Å². The number of aliphatic hydroxyl groups excluding tert-OH is 1. The van der Waals surface area contributed by atoms with Gasteiger partial charge in [-0.15, -0.1) is 0 Å². The van der Waals surface area contributed by atoms with Gasteiger partial charge in [0.15, 0.2) is 0 Å². The second-order valence-electron chi connectivity index (χ2n) is 5.26. The highest BCUT2D eigenvalue weighted by molar-refractivity contribution is 5.81. The Morgan fingerprint density at radius 3 is 2.76 bits per heavy atom. The van der Waals surface area contributed by atoms with E-state index in [1.807, 2.05) is 0 Å². The van der Waals surface area contributed by atoms with Crippen LogP contribution in [0.1, 0.15) is 24.5 Å². The molecule has 5 nitrogen and oxygen atoms in total. The summed E-state index contributed by atoms with van der Waals surface area (Å²) in [5, 5.41) is 12.5. The van der Waals surface area contributed by atoms with E-state index in [1.54, 1.807) is 12.1 Å². The predicted octanol–water partition coefficient (Wildman–Crippen LogP) is 0.729. The van der Waals surface area contributed by atoms with Gasteiger partial charge in [0, 0.05) is 25.3 Å². The number of amides is 1. The summed E-state index contributed by atoms with van der Waals surface area (Å²) in [5.74, 6) is -0.727. The molecule has 0 bridgehead atoms. The summed E-state index contributed by atoms with van der Waals surface area (Å²) in [7, 11) is 0. The Morgan fingerprint density at radius 1 is 1.43 bits per heavy atom. The molecule has 1 amide bonds. The van der Waals surface area contributed by atoms with Crippen LogP contribution in [0, 0.1) is 11.7 Å². The summed E-state index contributed by atoms with van der Waals surface area (Å²) >= 11 is 0. The number of hydrogen-bond donors (Lipinski definition) is 3. The molecule has 1 aromatic rings. The molecule has 0 aliphatic carbocycles. The lowest BCUT2D eigenvalue weighted by atomic mass is 9.92. The molecule has 2 rings (SSSR count). The van der Waals surface area contributed by atoms with Crippen LogP contribution in [0.15, 0.2) is 24.3 Å². The highest BCUT2D eigenvalue weighted by Gasteiger charge is 2.26.